The van der Waals surface area contributed by atoms with E-state index in [1.165, 1.54) is 19.4 Å². The number of rotatable bonds is 3. The molecule has 0 amide bonds. The van der Waals surface area contributed by atoms with Crippen LogP contribution in [0.15, 0.2) is 17.8 Å². The van der Waals surface area contributed by atoms with Gasteiger partial charge in [-0.25, -0.2) is 4.98 Å². The van der Waals surface area contributed by atoms with Gasteiger partial charge in [0, 0.05) is 35.1 Å². The lowest BCUT2D eigenvalue weighted by molar-refractivity contribution is -0.0937. The molecule has 0 radical (unpaired) electrons. The molecule has 2 aromatic heterocycles. The third kappa shape index (κ3) is 3.51. The fraction of sp³-hybridized carbons (Fsp3) is 0.353. The summed E-state index contributed by atoms with van der Waals surface area (Å²) in [5.41, 5.74) is 2.16. The Labute approximate surface area is 152 Å². The average molecular weight is 391 g/mol. The number of H-pyrrole nitrogens is 1. The Balaban J connectivity index is 1.97. The number of pyridine rings is 1. The van der Waals surface area contributed by atoms with Gasteiger partial charge in [-0.3, -0.25) is 0 Å². The molecule has 2 heterocycles. The van der Waals surface area contributed by atoms with Gasteiger partial charge in [-0.05, 0) is 30.0 Å². The van der Waals surface area contributed by atoms with E-state index in [9.17, 15) is 13.2 Å². The average Bonchev–Trinajstić information content (AvgIpc) is 2.94. The third-order valence-electron chi connectivity index (χ3n) is 4.27. The van der Waals surface area contributed by atoms with Gasteiger partial charge < -0.3 is 9.72 Å². The molecule has 0 fully saturated rings. The number of nitrogens with zero attached hydrogens (tertiary/aromatic N) is 1. The zero-order chi connectivity index (χ0) is 18.4. The van der Waals surface area contributed by atoms with Crippen molar-refractivity contribution in [1.29, 1.82) is 0 Å². The van der Waals surface area contributed by atoms with E-state index in [4.69, 9.17) is 27.9 Å². The summed E-state index contributed by atoms with van der Waals surface area (Å²) >= 11 is 12.4. The minimum Gasteiger partial charge on any atom is -0.480 e. The minimum atomic E-state index is -4.32. The number of allylic oxidation sites excluding steroid dienone is 1. The Morgan fingerprint density at radius 2 is 2.08 bits per heavy atom. The second-order valence-corrected chi connectivity index (χ2v) is 6.81. The summed E-state index contributed by atoms with van der Waals surface area (Å²) in [5.74, 6) is 0.0320. The number of ether oxygens (including phenoxy) is 1. The van der Waals surface area contributed by atoms with E-state index in [0.29, 0.717) is 27.7 Å². The van der Waals surface area contributed by atoms with Crippen LogP contribution in [0.2, 0.25) is 10.0 Å². The first-order valence-corrected chi connectivity index (χ1v) is 8.32. The first kappa shape index (κ1) is 18.1. The molecular formula is C17H15Cl2F3N2O. The van der Waals surface area contributed by atoms with Crippen molar-refractivity contribution in [2.24, 2.45) is 0 Å². The molecule has 1 aliphatic rings. The highest BCUT2D eigenvalue weighted by Crippen LogP contribution is 2.41. The van der Waals surface area contributed by atoms with Gasteiger partial charge in [0.15, 0.2) is 0 Å². The molecule has 3 nitrogen and oxygen atoms in total. The van der Waals surface area contributed by atoms with Crippen LogP contribution in [-0.2, 0) is 6.42 Å². The third-order valence-corrected chi connectivity index (χ3v) is 4.99. The van der Waals surface area contributed by atoms with Crippen molar-refractivity contribution in [1.82, 2.24) is 9.97 Å². The van der Waals surface area contributed by atoms with Crippen molar-refractivity contribution in [3.8, 4) is 5.88 Å². The maximum Gasteiger partial charge on any atom is 0.412 e. The molecule has 1 atom stereocenters. The Morgan fingerprint density at radius 1 is 1.36 bits per heavy atom. The van der Waals surface area contributed by atoms with Crippen LogP contribution in [0, 0.1) is 0 Å². The summed E-state index contributed by atoms with van der Waals surface area (Å²) in [6, 6.07) is 1.86. The van der Waals surface area contributed by atoms with Crippen LogP contribution >= 0.6 is 23.2 Å². The standard InChI is InChI=1S/C17H15Cl2F3N2O/c1-8-3-9(17(20,21)22)4-14-11(8)5-10(24-14)6-12-13(18)7-23-16(25-2)15(12)19/h4-5,7-8,24H,3,6H2,1-2H3. The van der Waals surface area contributed by atoms with Crippen molar-refractivity contribution in [2.45, 2.75) is 31.9 Å². The first-order valence-electron chi connectivity index (χ1n) is 7.57. The SMILES string of the molecule is COc1ncc(Cl)c(Cc2cc3c([nH]2)C=C(C(F)(F)F)CC3C)c1Cl. The highest BCUT2D eigenvalue weighted by atomic mass is 35.5. The Morgan fingerprint density at radius 3 is 2.72 bits per heavy atom. The predicted molar refractivity (Wildman–Crippen MR) is 91.5 cm³/mol. The number of hydrogen-bond donors (Lipinski definition) is 1. The fourth-order valence-electron chi connectivity index (χ4n) is 3.02. The largest absolute Gasteiger partial charge is 0.480 e. The van der Waals surface area contributed by atoms with Crippen LogP contribution in [-0.4, -0.2) is 23.3 Å². The molecule has 3 rings (SSSR count). The number of fused-ring (bicyclic) bond motifs is 1. The second-order valence-electron chi connectivity index (χ2n) is 6.02. The molecule has 0 bridgehead atoms. The van der Waals surface area contributed by atoms with E-state index in [0.717, 1.165) is 11.3 Å². The Bertz CT molecular complexity index is 843. The second kappa shape index (κ2) is 6.57. The lowest BCUT2D eigenvalue weighted by Crippen LogP contribution is -2.16. The molecule has 0 saturated carbocycles. The quantitative estimate of drug-likeness (QED) is 0.722. The summed E-state index contributed by atoms with van der Waals surface area (Å²) in [6.07, 6.45) is -1.39. The number of nitrogens with one attached hydrogen (secondary N) is 1. The number of aromatic amines is 1. The van der Waals surface area contributed by atoms with Crippen molar-refractivity contribution in [3.63, 3.8) is 0 Å². The van der Waals surface area contributed by atoms with Crippen LogP contribution in [0.25, 0.3) is 6.08 Å². The molecule has 8 heteroatoms. The number of aromatic nitrogens is 2. The summed E-state index contributed by atoms with van der Waals surface area (Å²) in [7, 11) is 1.45. The lowest BCUT2D eigenvalue weighted by Gasteiger charge is -2.21. The van der Waals surface area contributed by atoms with Gasteiger partial charge in [0.1, 0.15) is 5.02 Å². The fourth-order valence-corrected chi connectivity index (χ4v) is 3.57. The molecular weight excluding hydrogens is 376 g/mol. The number of methoxy groups -OCH3 is 1. The van der Waals surface area contributed by atoms with E-state index in [1.54, 1.807) is 6.92 Å². The zero-order valence-electron chi connectivity index (χ0n) is 13.5. The van der Waals surface area contributed by atoms with Gasteiger partial charge in [0.2, 0.25) is 5.88 Å². The summed E-state index contributed by atoms with van der Waals surface area (Å²) in [5, 5.41) is 0.667. The number of alkyl halides is 3. The van der Waals surface area contributed by atoms with Gasteiger partial charge in [-0.2, -0.15) is 13.2 Å². The Hall–Kier alpha value is -1.66. The summed E-state index contributed by atoms with van der Waals surface area (Å²) in [4.78, 5) is 7.03. The molecule has 25 heavy (non-hydrogen) atoms. The first-order chi connectivity index (χ1) is 11.7. The van der Waals surface area contributed by atoms with Crippen LogP contribution in [0.3, 0.4) is 0 Å². The van der Waals surface area contributed by atoms with E-state index in [-0.39, 0.29) is 18.2 Å². The van der Waals surface area contributed by atoms with Crippen LogP contribution in [0.5, 0.6) is 5.88 Å². The van der Waals surface area contributed by atoms with Crippen LogP contribution in [0.4, 0.5) is 13.2 Å². The van der Waals surface area contributed by atoms with Crippen molar-refractivity contribution in [2.75, 3.05) is 7.11 Å². The highest BCUT2D eigenvalue weighted by Gasteiger charge is 2.37. The van der Waals surface area contributed by atoms with Gasteiger partial charge in [-0.15, -0.1) is 0 Å². The summed E-state index contributed by atoms with van der Waals surface area (Å²) in [6.45, 7) is 1.78. The molecule has 0 saturated heterocycles. The van der Waals surface area contributed by atoms with Crippen molar-refractivity contribution >= 4 is 29.3 Å². The smallest absolute Gasteiger partial charge is 0.412 e. The molecule has 0 spiro atoms. The van der Waals surface area contributed by atoms with Crippen molar-refractivity contribution in [3.05, 3.63) is 50.4 Å². The zero-order valence-corrected chi connectivity index (χ0v) is 15.0. The topological polar surface area (TPSA) is 37.9 Å². The molecule has 134 valence electrons. The monoisotopic (exact) mass is 390 g/mol. The minimum absolute atomic E-state index is 0.0294. The van der Waals surface area contributed by atoms with Gasteiger partial charge in [0.05, 0.1) is 12.1 Å². The van der Waals surface area contributed by atoms with Gasteiger partial charge in [0.25, 0.3) is 0 Å². The highest BCUT2D eigenvalue weighted by molar-refractivity contribution is 6.36. The number of halogens is 5. The summed E-state index contributed by atoms with van der Waals surface area (Å²) < 4.78 is 44.1. The van der Waals surface area contributed by atoms with Crippen LogP contribution < -0.4 is 4.74 Å². The molecule has 1 N–H and O–H groups in total. The maximum absolute atomic E-state index is 13.0. The normalized spacial score (nSPS) is 17.2. The molecule has 2 aromatic rings. The maximum atomic E-state index is 13.0. The van der Waals surface area contributed by atoms with E-state index >= 15 is 0 Å². The predicted octanol–water partition coefficient (Wildman–Crippen LogP) is 5.77. The molecule has 0 aromatic carbocycles. The molecule has 1 aliphatic carbocycles. The van der Waals surface area contributed by atoms with E-state index in [1.807, 2.05) is 6.07 Å². The van der Waals surface area contributed by atoms with Crippen LogP contribution in [0.1, 0.15) is 41.8 Å². The molecule has 1 unspecified atom stereocenters. The van der Waals surface area contributed by atoms with E-state index < -0.39 is 11.7 Å². The number of hydrogen-bond acceptors (Lipinski definition) is 2. The van der Waals surface area contributed by atoms with Gasteiger partial charge >= 0.3 is 6.18 Å². The Kier molecular flexibility index (Phi) is 4.77. The van der Waals surface area contributed by atoms with Gasteiger partial charge in [-0.1, -0.05) is 30.1 Å². The van der Waals surface area contributed by atoms with E-state index in [2.05, 4.69) is 9.97 Å². The lowest BCUT2D eigenvalue weighted by atomic mass is 9.87. The van der Waals surface area contributed by atoms with Crippen molar-refractivity contribution < 1.29 is 17.9 Å². The molecule has 0 aliphatic heterocycles.